The molecule has 0 amide bonds. The SMILES string of the molecule is CCCNC(=NCC(C)c1ccc(F)c(F)c1)NCC.I. The van der Waals surface area contributed by atoms with Crippen LogP contribution in [0.3, 0.4) is 0 Å². The molecule has 0 radical (unpaired) electrons. The third kappa shape index (κ3) is 7.06. The summed E-state index contributed by atoms with van der Waals surface area (Å²) in [6.45, 7) is 8.19. The van der Waals surface area contributed by atoms with Gasteiger partial charge in [0.05, 0.1) is 0 Å². The molecule has 0 aliphatic rings. The molecule has 1 aromatic rings. The second kappa shape index (κ2) is 10.8. The Morgan fingerprint density at radius 1 is 1.19 bits per heavy atom. The zero-order valence-corrected chi connectivity index (χ0v) is 15.1. The van der Waals surface area contributed by atoms with Gasteiger partial charge in [0.15, 0.2) is 17.6 Å². The van der Waals surface area contributed by atoms with Crippen molar-refractivity contribution in [1.82, 2.24) is 10.6 Å². The highest BCUT2D eigenvalue weighted by molar-refractivity contribution is 14.0. The van der Waals surface area contributed by atoms with Crippen molar-refractivity contribution < 1.29 is 8.78 Å². The van der Waals surface area contributed by atoms with Crippen molar-refractivity contribution in [1.29, 1.82) is 0 Å². The molecule has 21 heavy (non-hydrogen) atoms. The van der Waals surface area contributed by atoms with Crippen LogP contribution in [-0.2, 0) is 0 Å². The van der Waals surface area contributed by atoms with Crippen LogP contribution in [-0.4, -0.2) is 25.6 Å². The first-order valence-corrected chi connectivity index (χ1v) is 7.05. The Morgan fingerprint density at radius 3 is 2.48 bits per heavy atom. The first-order valence-electron chi connectivity index (χ1n) is 7.05. The average Bonchev–Trinajstić information content (AvgIpc) is 2.44. The lowest BCUT2D eigenvalue weighted by Crippen LogP contribution is -2.37. The minimum absolute atomic E-state index is 0. The normalized spacial score (nSPS) is 12.5. The summed E-state index contributed by atoms with van der Waals surface area (Å²) in [6.07, 6.45) is 1.02. The minimum atomic E-state index is -0.817. The van der Waals surface area contributed by atoms with Gasteiger partial charge < -0.3 is 10.6 Å². The fourth-order valence-corrected chi connectivity index (χ4v) is 1.74. The van der Waals surface area contributed by atoms with E-state index in [-0.39, 0.29) is 29.9 Å². The van der Waals surface area contributed by atoms with E-state index in [2.05, 4.69) is 22.5 Å². The van der Waals surface area contributed by atoms with E-state index in [9.17, 15) is 8.78 Å². The third-order valence-corrected chi connectivity index (χ3v) is 2.92. The predicted molar refractivity (Wildman–Crippen MR) is 94.5 cm³/mol. The maximum atomic E-state index is 13.2. The van der Waals surface area contributed by atoms with Crippen molar-refractivity contribution in [2.45, 2.75) is 33.1 Å². The molecule has 2 N–H and O–H groups in total. The first-order chi connectivity index (χ1) is 9.58. The molecule has 0 aromatic heterocycles. The standard InChI is InChI=1S/C15H23F2N3.HI/c1-4-8-19-15(18-5-2)20-10-11(3)12-6-7-13(16)14(17)9-12;/h6-7,9,11H,4-5,8,10H2,1-3H3,(H2,18,19,20);1H. The highest BCUT2D eigenvalue weighted by atomic mass is 127. The second-order valence-corrected chi connectivity index (χ2v) is 4.72. The number of halogens is 3. The second-order valence-electron chi connectivity index (χ2n) is 4.72. The van der Waals surface area contributed by atoms with E-state index < -0.39 is 11.6 Å². The minimum Gasteiger partial charge on any atom is -0.357 e. The number of aliphatic imine (C=N–C) groups is 1. The van der Waals surface area contributed by atoms with Crippen molar-refractivity contribution in [2.24, 2.45) is 4.99 Å². The van der Waals surface area contributed by atoms with Crippen molar-refractivity contribution in [3.63, 3.8) is 0 Å². The molecule has 0 heterocycles. The Labute approximate surface area is 142 Å². The highest BCUT2D eigenvalue weighted by Gasteiger charge is 2.09. The Morgan fingerprint density at radius 2 is 1.90 bits per heavy atom. The summed E-state index contributed by atoms with van der Waals surface area (Å²) in [6, 6.07) is 4.00. The van der Waals surface area contributed by atoms with Gasteiger partial charge in [-0.15, -0.1) is 24.0 Å². The molecule has 120 valence electrons. The number of hydrogen-bond acceptors (Lipinski definition) is 1. The van der Waals surface area contributed by atoms with E-state index in [1.54, 1.807) is 6.07 Å². The smallest absolute Gasteiger partial charge is 0.191 e. The molecule has 6 heteroatoms. The van der Waals surface area contributed by atoms with Gasteiger partial charge in [-0.05, 0) is 31.0 Å². The number of nitrogens with one attached hydrogen (secondary N) is 2. The zero-order chi connectivity index (χ0) is 15.0. The van der Waals surface area contributed by atoms with Crippen LogP contribution >= 0.6 is 24.0 Å². The maximum Gasteiger partial charge on any atom is 0.191 e. The molecular weight excluding hydrogens is 387 g/mol. The summed E-state index contributed by atoms with van der Waals surface area (Å²) in [4.78, 5) is 4.46. The topological polar surface area (TPSA) is 36.4 Å². The molecule has 1 aromatic carbocycles. The van der Waals surface area contributed by atoms with Crippen LogP contribution in [0.1, 0.15) is 38.7 Å². The number of guanidine groups is 1. The zero-order valence-electron chi connectivity index (χ0n) is 12.7. The first kappa shape index (κ1) is 20.1. The van der Waals surface area contributed by atoms with Crippen molar-refractivity contribution >= 4 is 29.9 Å². The predicted octanol–water partition coefficient (Wildman–Crippen LogP) is 3.65. The quantitative estimate of drug-likeness (QED) is 0.426. The Balaban J connectivity index is 0.00000400. The van der Waals surface area contributed by atoms with Gasteiger partial charge in [-0.2, -0.15) is 0 Å². The summed E-state index contributed by atoms with van der Waals surface area (Å²) in [5, 5.41) is 6.35. The van der Waals surface area contributed by atoms with E-state index in [1.807, 2.05) is 13.8 Å². The van der Waals surface area contributed by atoms with Gasteiger partial charge in [-0.1, -0.05) is 19.9 Å². The summed E-state index contributed by atoms with van der Waals surface area (Å²) in [5.41, 5.74) is 0.749. The maximum absolute atomic E-state index is 13.2. The van der Waals surface area contributed by atoms with Gasteiger partial charge in [0.1, 0.15) is 0 Å². The monoisotopic (exact) mass is 411 g/mol. The van der Waals surface area contributed by atoms with Crippen LogP contribution in [0, 0.1) is 11.6 Å². The van der Waals surface area contributed by atoms with Gasteiger partial charge in [0, 0.05) is 25.6 Å². The molecule has 0 spiro atoms. The van der Waals surface area contributed by atoms with E-state index in [0.717, 1.165) is 37.1 Å². The van der Waals surface area contributed by atoms with E-state index in [4.69, 9.17) is 0 Å². The largest absolute Gasteiger partial charge is 0.357 e. The summed E-state index contributed by atoms with van der Waals surface area (Å²) in [7, 11) is 0. The molecule has 1 unspecified atom stereocenters. The molecule has 0 fully saturated rings. The number of benzene rings is 1. The summed E-state index contributed by atoms with van der Waals surface area (Å²) < 4.78 is 26.1. The number of rotatable bonds is 6. The van der Waals surface area contributed by atoms with Crippen LogP contribution in [0.4, 0.5) is 8.78 Å². The molecule has 1 rings (SSSR count). The Hall–Kier alpha value is -0.920. The molecule has 1 atom stereocenters. The van der Waals surface area contributed by atoms with Crippen LogP contribution in [0.25, 0.3) is 0 Å². The van der Waals surface area contributed by atoms with Crippen molar-refractivity contribution in [3.05, 3.63) is 35.4 Å². The van der Waals surface area contributed by atoms with Crippen LogP contribution < -0.4 is 10.6 Å². The average molecular weight is 411 g/mol. The number of hydrogen-bond donors (Lipinski definition) is 2. The lowest BCUT2D eigenvalue weighted by molar-refractivity contribution is 0.505. The van der Waals surface area contributed by atoms with Gasteiger partial charge in [0.25, 0.3) is 0 Å². The van der Waals surface area contributed by atoms with E-state index >= 15 is 0 Å². The Kier molecular flexibility index (Phi) is 10.3. The van der Waals surface area contributed by atoms with Crippen molar-refractivity contribution in [2.75, 3.05) is 19.6 Å². The highest BCUT2D eigenvalue weighted by Crippen LogP contribution is 2.18. The molecule has 0 aliphatic carbocycles. The molecule has 0 saturated carbocycles. The lowest BCUT2D eigenvalue weighted by atomic mass is 10.0. The van der Waals surface area contributed by atoms with E-state index in [1.165, 1.54) is 6.07 Å². The van der Waals surface area contributed by atoms with Gasteiger partial charge >= 0.3 is 0 Å². The number of nitrogens with zero attached hydrogens (tertiary/aromatic N) is 1. The van der Waals surface area contributed by atoms with Crippen LogP contribution in [0.5, 0.6) is 0 Å². The van der Waals surface area contributed by atoms with Crippen LogP contribution in [0.15, 0.2) is 23.2 Å². The molecule has 3 nitrogen and oxygen atoms in total. The van der Waals surface area contributed by atoms with Crippen LogP contribution in [0.2, 0.25) is 0 Å². The van der Waals surface area contributed by atoms with Crippen molar-refractivity contribution in [3.8, 4) is 0 Å². The third-order valence-electron chi connectivity index (χ3n) is 2.92. The molecule has 0 aliphatic heterocycles. The van der Waals surface area contributed by atoms with E-state index in [0.29, 0.717) is 6.54 Å². The van der Waals surface area contributed by atoms with Gasteiger partial charge in [0.2, 0.25) is 0 Å². The summed E-state index contributed by atoms with van der Waals surface area (Å²) >= 11 is 0. The fraction of sp³-hybridized carbons (Fsp3) is 0.533. The van der Waals surface area contributed by atoms with Gasteiger partial charge in [-0.25, -0.2) is 8.78 Å². The fourth-order valence-electron chi connectivity index (χ4n) is 1.74. The summed E-state index contributed by atoms with van der Waals surface area (Å²) in [5.74, 6) is -0.845. The molecule has 0 saturated heterocycles. The Bertz CT molecular complexity index is 453. The molecule has 0 bridgehead atoms. The molecular formula is C15H24F2IN3. The lowest BCUT2D eigenvalue weighted by Gasteiger charge is -2.13. The van der Waals surface area contributed by atoms with Gasteiger partial charge in [-0.3, -0.25) is 4.99 Å².